The van der Waals surface area contributed by atoms with Gasteiger partial charge in [0, 0.05) is 12.1 Å². The minimum absolute atomic E-state index is 0.0985. The monoisotopic (exact) mass is 221 g/mol. The van der Waals surface area contributed by atoms with Gasteiger partial charge < -0.3 is 4.74 Å². The highest BCUT2D eigenvalue weighted by molar-refractivity contribution is 5.93. The molecule has 0 aromatic heterocycles. The number of rotatable bonds is 2. The van der Waals surface area contributed by atoms with Crippen LogP contribution in [0.15, 0.2) is 24.3 Å². The van der Waals surface area contributed by atoms with Crippen molar-refractivity contribution in [3.05, 3.63) is 29.8 Å². The van der Waals surface area contributed by atoms with Gasteiger partial charge in [-0.3, -0.25) is 9.63 Å². The van der Waals surface area contributed by atoms with E-state index >= 15 is 0 Å². The fourth-order valence-electron chi connectivity index (χ4n) is 1.66. The molecule has 86 valence electrons. The van der Waals surface area contributed by atoms with E-state index in [0.717, 1.165) is 12.8 Å². The predicted octanol–water partition coefficient (Wildman–Crippen LogP) is 1.86. The number of amides is 1. The summed E-state index contributed by atoms with van der Waals surface area (Å²) < 4.78 is 5.08. The number of benzene rings is 1. The average Bonchev–Trinajstić information content (AvgIpc) is 2.39. The highest BCUT2D eigenvalue weighted by atomic mass is 16.7. The smallest absolute Gasteiger partial charge is 0.277 e. The van der Waals surface area contributed by atoms with Crippen molar-refractivity contribution in [3.63, 3.8) is 0 Å². The van der Waals surface area contributed by atoms with Crippen molar-refractivity contribution >= 4 is 5.91 Å². The standard InChI is InChI=1S/C12H15NO3/c1-15-11-6-4-5-10(9-11)12(14)13-7-2-3-8-16-13/h4-6,9H,2-3,7-8H2,1H3. The molecular weight excluding hydrogens is 206 g/mol. The number of carbonyl (C=O) groups is 1. The van der Waals surface area contributed by atoms with Crippen LogP contribution in [0.5, 0.6) is 5.75 Å². The topological polar surface area (TPSA) is 38.8 Å². The Hall–Kier alpha value is -1.55. The van der Waals surface area contributed by atoms with Crippen molar-refractivity contribution in [2.24, 2.45) is 0 Å². The van der Waals surface area contributed by atoms with Gasteiger partial charge in [-0.25, -0.2) is 5.06 Å². The first-order chi connectivity index (χ1) is 7.81. The third kappa shape index (κ3) is 2.33. The molecule has 1 amide bonds. The van der Waals surface area contributed by atoms with Crippen molar-refractivity contribution in [3.8, 4) is 5.75 Å². The van der Waals surface area contributed by atoms with Crippen LogP contribution < -0.4 is 4.74 Å². The fourth-order valence-corrected chi connectivity index (χ4v) is 1.66. The van der Waals surface area contributed by atoms with Crippen LogP contribution in [0.1, 0.15) is 23.2 Å². The number of nitrogens with zero attached hydrogens (tertiary/aromatic N) is 1. The summed E-state index contributed by atoms with van der Waals surface area (Å²) in [5.74, 6) is 0.585. The summed E-state index contributed by atoms with van der Waals surface area (Å²) in [5.41, 5.74) is 0.598. The summed E-state index contributed by atoms with van der Waals surface area (Å²) in [6.45, 7) is 1.28. The van der Waals surface area contributed by atoms with Crippen LogP contribution in [0.25, 0.3) is 0 Å². The van der Waals surface area contributed by atoms with Gasteiger partial charge in [0.1, 0.15) is 5.75 Å². The molecular formula is C12H15NO3. The first-order valence-electron chi connectivity index (χ1n) is 5.40. The van der Waals surface area contributed by atoms with Gasteiger partial charge in [0.2, 0.25) is 0 Å². The summed E-state index contributed by atoms with van der Waals surface area (Å²) in [6.07, 6.45) is 2.01. The van der Waals surface area contributed by atoms with Crippen LogP contribution in [-0.2, 0) is 4.84 Å². The number of ether oxygens (including phenoxy) is 1. The molecule has 0 aliphatic carbocycles. The lowest BCUT2D eigenvalue weighted by Gasteiger charge is -2.25. The largest absolute Gasteiger partial charge is 0.497 e. The molecule has 0 saturated carbocycles. The van der Waals surface area contributed by atoms with Gasteiger partial charge in [0.15, 0.2) is 0 Å². The van der Waals surface area contributed by atoms with Crippen molar-refractivity contribution in [2.45, 2.75) is 12.8 Å². The van der Waals surface area contributed by atoms with E-state index in [9.17, 15) is 4.79 Å². The van der Waals surface area contributed by atoms with Crippen LogP contribution in [0.4, 0.5) is 0 Å². The van der Waals surface area contributed by atoms with Crippen molar-refractivity contribution in [1.29, 1.82) is 0 Å². The molecule has 2 rings (SSSR count). The molecule has 0 unspecified atom stereocenters. The molecule has 1 aliphatic heterocycles. The fraction of sp³-hybridized carbons (Fsp3) is 0.417. The first kappa shape index (κ1) is 11.0. The van der Waals surface area contributed by atoms with E-state index < -0.39 is 0 Å². The molecule has 4 heteroatoms. The summed E-state index contributed by atoms with van der Waals surface area (Å²) in [4.78, 5) is 17.3. The minimum Gasteiger partial charge on any atom is -0.497 e. The Labute approximate surface area is 94.7 Å². The average molecular weight is 221 g/mol. The Balaban J connectivity index is 2.12. The van der Waals surface area contributed by atoms with Gasteiger partial charge in [-0.2, -0.15) is 0 Å². The molecule has 1 aliphatic rings. The SMILES string of the molecule is COc1cccc(C(=O)N2CCCCO2)c1. The Morgan fingerprint density at radius 2 is 2.31 bits per heavy atom. The minimum atomic E-state index is -0.0985. The summed E-state index contributed by atoms with van der Waals surface area (Å²) >= 11 is 0. The van der Waals surface area contributed by atoms with E-state index in [0.29, 0.717) is 24.5 Å². The molecule has 4 nitrogen and oxygen atoms in total. The van der Waals surface area contributed by atoms with Crippen molar-refractivity contribution in [1.82, 2.24) is 5.06 Å². The van der Waals surface area contributed by atoms with Gasteiger partial charge in [0.05, 0.1) is 13.7 Å². The Morgan fingerprint density at radius 1 is 1.44 bits per heavy atom. The summed E-state index contributed by atoms with van der Waals surface area (Å²) in [6, 6.07) is 7.10. The van der Waals surface area contributed by atoms with Crippen LogP contribution >= 0.6 is 0 Å². The number of hydrogen-bond donors (Lipinski definition) is 0. The maximum Gasteiger partial charge on any atom is 0.277 e. The zero-order chi connectivity index (χ0) is 11.4. The van der Waals surface area contributed by atoms with E-state index in [2.05, 4.69) is 0 Å². The molecule has 1 heterocycles. The van der Waals surface area contributed by atoms with Gasteiger partial charge in [-0.1, -0.05) is 6.07 Å². The number of carbonyl (C=O) groups excluding carboxylic acids is 1. The zero-order valence-corrected chi connectivity index (χ0v) is 9.31. The second kappa shape index (κ2) is 4.99. The molecule has 0 spiro atoms. The Bertz CT molecular complexity index is 372. The molecule has 0 bridgehead atoms. The molecule has 1 aromatic rings. The predicted molar refractivity (Wildman–Crippen MR) is 59.2 cm³/mol. The normalized spacial score (nSPS) is 15.9. The summed E-state index contributed by atoms with van der Waals surface area (Å²) in [5, 5.41) is 1.43. The van der Waals surface area contributed by atoms with E-state index in [1.807, 2.05) is 6.07 Å². The van der Waals surface area contributed by atoms with Gasteiger partial charge in [-0.15, -0.1) is 0 Å². The Morgan fingerprint density at radius 3 is 3.00 bits per heavy atom. The molecule has 16 heavy (non-hydrogen) atoms. The second-order valence-corrected chi connectivity index (χ2v) is 3.68. The molecule has 0 radical (unpaired) electrons. The second-order valence-electron chi connectivity index (χ2n) is 3.68. The highest BCUT2D eigenvalue weighted by Gasteiger charge is 2.19. The van der Waals surface area contributed by atoms with Crippen LogP contribution in [0, 0.1) is 0 Å². The van der Waals surface area contributed by atoms with Crippen LogP contribution in [0.3, 0.4) is 0 Å². The van der Waals surface area contributed by atoms with E-state index in [-0.39, 0.29) is 5.91 Å². The number of hydroxylamine groups is 2. The lowest BCUT2D eigenvalue weighted by Crippen LogP contribution is -2.35. The maximum atomic E-state index is 12.0. The third-order valence-corrected chi connectivity index (χ3v) is 2.55. The maximum absolute atomic E-state index is 12.0. The van der Waals surface area contributed by atoms with Gasteiger partial charge in [0.25, 0.3) is 5.91 Å². The zero-order valence-electron chi connectivity index (χ0n) is 9.31. The molecule has 0 N–H and O–H groups in total. The molecule has 0 atom stereocenters. The van der Waals surface area contributed by atoms with E-state index in [1.165, 1.54) is 5.06 Å². The molecule has 1 fully saturated rings. The highest BCUT2D eigenvalue weighted by Crippen LogP contribution is 2.16. The van der Waals surface area contributed by atoms with Crippen molar-refractivity contribution < 1.29 is 14.4 Å². The lowest BCUT2D eigenvalue weighted by atomic mass is 10.2. The van der Waals surface area contributed by atoms with Gasteiger partial charge in [-0.05, 0) is 31.0 Å². The number of hydrogen-bond acceptors (Lipinski definition) is 3. The quantitative estimate of drug-likeness (QED) is 0.765. The first-order valence-corrected chi connectivity index (χ1v) is 5.40. The third-order valence-electron chi connectivity index (χ3n) is 2.55. The van der Waals surface area contributed by atoms with E-state index in [1.54, 1.807) is 25.3 Å². The molecule has 1 aromatic carbocycles. The van der Waals surface area contributed by atoms with E-state index in [4.69, 9.17) is 9.57 Å². The van der Waals surface area contributed by atoms with Crippen LogP contribution in [-0.4, -0.2) is 31.2 Å². The summed E-state index contributed by atoms with van der Waals surface area (Å²) in [7, 11) is 1.58. The van der Waals surface area contributed by atoms with Crippen LogP contribution in [0.2, 0.25) is 0 Å². The number of methoxy groups -OCH3 is 1. The van der Waals surface area contributed by atoms with Gasteiger partial charge >= 0.3 is 0 Å². The molecule has 1 saturated heterocycles. The Kier molecular flexibility index (Phi) is 3.41. The lowest BCUT2D eigenvalue weighted by molar-refractivity contribution is -0.144. The van der Waals surface area contributed by atoms with Crippen molar-refractivity contribution in [2.75, 3.05) is 20.3 Å².